The summed E-state index contributed by atoms with van der Waals surface area (Å²) < 4.78 is 0. The number of benzene rings is 1. The molecular weight excluding hydrogens is 308 g/mol. The summed E-state index contributed by atoms with van der Waals surface area (Å²) in [5.74, 6) is 1.02. The third kappa shape index (κ3) is 3.76. The highest BCUT2D eigenvalue weighted by Crippen LogP contribution is 2.42. The number of hydrogen-bond donors (Lipinski definition) is 0. The molecule has 2 aliphatic heterocycles. The smallest absolute Gasteiger partial charge is 0.237 e. The standard InChI is InChI=1S/C22H32N2O/c25-21(17-23-14-7-2-8-15-23)24-16-13-18-9-5-6-12-20(18)22(24)19-10-3-1-4-11-19/h5-6,9,12,19,22H,1-4,7-8,10-11,13-17H2/t22-/m0/s1. The first-order chi connectivity index (χ1) is 12.3. The van der Waals surface area contributed by atoms with Crippen molar-refractivity contribution in [2.45, 2.75) is 63.8 Å². The molecule has 0 N–H and O–H groups in total. The normalized spacial score (nSPS) is 25.6. The van der Waals surface area contributed by atoms with E-state index in [4.69, 9.17) is 0 Å². The maximum atomic E-state index is 13.2. The Bertz CT molecular complexity index is 587. The highest BCUT2D eigenvalue weighted by atomic mass is 16.2. The Morgan fingerprint density at radius 1 is 0.920 bits per heavy atom. The van der Waals surface area contributed by atoms with E-state index in [0.29, 0.717) is 24.4 Å². The van der Waals surface area contributed by atoms with Crippen molar-refractivity contribution in [1.82, 2.24) is 9.80 Å². The molecule has 0 radical (unpaired) electrons. The lowest BCUT2D eigenvalue weighted by Crippen LogP contribution is -2.48. The van der Waals surface area contributed by atoms with Crippen LogP contribution in [0.2, 0.25) is 0 Å². The Morgan fingerprint density at radius 2 is 1.64 bits per heavy atom. The molecule has 1 aromatic rings. The van der Waals surface area contributed by atoms with E-state index in [-0.39, 0.29) is 0 Å². The van der Waals surface area contributed by atoms with E-state index in [1.165, 1.54) is 62.5 Å². The van der Waals surface area contributed by atoms with Crippen molar-refractivity contribution in [2.75, 3.05) is 26.2 Å². The topological polar surface area (TPSA) is 23.6 Å². The first-order valence-corrected chi connectivity index (χ1v) is 10.4. The van der Waals surface area contributed by atoms with Crippen LogP contribution < -0.4 is 0 Å². The lowest BCUT2D eigenvalue weighted by Gasteiger charge is -2.44. The predicted molar refractivity (Wildman–Crippen MR) is 101 cm³/mol. The highest BCUT2D eigenvalue weighted by Gasteiger charge is 2.36. The lowest BCUT2D eigenvalue weighted by molar-refractivity contribution is -0.137. The fraction of sp³-hybridized carbons (Fsp3) is 0.682. The van der Waals surface area contributed by atoms with Gasteiger partial charge in [-0.25, -0.2) is 0 Å². The van der Waals surface area contributed by atoms with E-state index in [9.17, 15) is 4.79 Å². The average Bonchev–Trinajstić information content (AvgIpc) is 2.68. The average molecular weight is 341 g/mol. The molecule has 2 fully saturated rings. The molecule has 3 aliphatic rings. The van der Waals surface area contributed by atoms with Gasteiger partial charge in [0, 0.05) is 6.54 Å². The Morgan fingerprint density at radius 3 is 2.44 bits per heavy atom. The van der Waals surface area contributed by atoms with Gasteiger partial charge in [0.05, 0.1) is 12.6 Å². The van der Waals surface area contributed by atoms with Crippen molar-refractivity contribution in [3.05, 3.63) is 35.4 Å². The van der Waals surface area contributed by atoms with Gasteiger partial charge in [-0.05, 0) is 62.2 Å². The third-order valence-corrected chi connectivity index (χ3v) is 6.56. The molecule has 4 rings (SSSR count). The first kappa shape index (κ1) is 17.1. The summed E-state index contributed by atoms with van der Waals surface area (Å²) in [6.45, 7) is 3.74. The predicted octanol–water partition coefficient (Wildman–Crippen LogP) is 4.18. The Balaban J connectivity index is 1.55. The van der Waals surface area contributed by atoms with Crippen LogP contribution in [0.4, 0.5) is 0 Å². The number of fused-ring (bicyclic) bond motifs is 1. The van der Waals surface area contributed by atoms with Crippen LogP contribution in [-0.4, -0.2) is 41.9 Å². The van der Waals surface area contributed by atoms with Gasteiger partial charge in [0.15, 0.2) is 0 Å². The number of nitrogens with zero attached hydrogens (tertiary/aromatic N) is 2. The lowest BCUT2D eigenvalue weighted by atomic mass is 9.77. The summed E-state index contributed by atoms with van der Waals surface area (Å²) in [6, 6.07) is 9.20. The van der Waals surface area contributed by atoms with E-state index in [0.717, 1.165) is 26.1 Å². The van der Waals surface area contributed by atoms with Crippen molar-refractivity contribution in [3.8, 4) is 0 Å². The summed E-state index contributed by atoms with van der Waals surface area (Å²) in [6.07, 6.45) is 11.4. The zero-order chi connectivity index (χ0) is 17.1. The monoisotopic (exact) mass is 340 g/mol. The van der Waals surface area contributed by atoms with Gasteiger partial charge in [0.1, 0.15) is 0 Å². The van der Waals surface area contributed by atoms with Crippen molar-refractivity contribution < 1.29 is 4.79 Å². The van der Waals surface area contributed by atoms with Gasteiger partial charge < -0.3 is 4.90 Å². The maximum absolute atomic E-state index is 13.2. The number of likely N-dealkylation sites (tertiary alicyclic amines) is 1. The van der Waals surface area contributed by atoms with E-state index >= 15 is 0 Å². The van der Waals surface area contributed by atoms with Gasteiger partial charge in [0.2, 0.25) is 5.91 Å². The molecule has 0 unspecified atom stereocenters. The SMILES string of the molecule is O=C(CN1CCCCC1)N1CCc2ccccc2[C@@H]1C1CCCCC1. The van der Waals surface area contributed by atoms with E-state index in [1.54, 1.807) is 0 Å². The van der Waals surface area contributed by atoms with Crippen molar-refractivity contribution in [1.29, 1.82) is 0 Å². The maximum Gasteiger partial charge on any atom is 0.237 e. The Hall–Kier alpha value is -1.35. The van der Waals surface area contributed by atoms with Crippen LogP contribution in [0.3, 0.4) is 0 Å². The van der Waals surface area contributed by atoms with Gasteiger partial charge in [-0.2, -0.15) is 0 Å². The number of rotatable bonds is 3. The second-order valence-corrected chi connectivity index (χ2v) is 8.22. The van der Waals surface area contributed by atoms with E-state index in [1.807, 2.05) is 0 Å². The number of amides is 1. The molecule has 1 amide bonds. The van der Waals surface area contributed by atoms with Crippen LogP contribution in [-0.2, 0) is 11.2 Å². The number of carbonyl (C=O) groups excluding carboxylic acids is 1. The molecule has 2 heterocycles. The molecule has 1 aromatic carbocycles. The minimum atomic E-state index is 0.322. The molecule has 25 heavy (non-hydrogen) atoms. The van der Waals surface area contributed by atoms with Crippen LogP contribution in [0.25, 0.3) is 0 Å². The number of piperidine rings is 1. The van der Waals surface area contributed by atoms with Crippen LogP contribution >= 0.6 is 0 Å². The molecule has 1 saturated carbocycles. The minimum Gasteiger partial charge on any atom is -0.334 e. The van der Waals surface area contributed by atoms with Gasteiger partial charge in [-0.1, -0.05) is 49.9 Å². The fourth-order valence-corrected chi connectivity index (χ4v) is 5.24. The molecule has 136 valence electrons. The minimum absolute atomic E-state index is 0.322. The number of carbonyl (C=O) groups is 1. The fourth-order valence-electron chi connectivity index (χ4n) is 5.24. The van der Waals surface area contributed by atoms with E-state index < -0.39 is 0 Å². The second kappa shape index (κ2) is 7.90. The molecule has 0 spiro atoms. The molecule has 1 aliphatic carbocycles. The summed E-state index contributed by atoms with van der Waals surface area (Å²) in [5.41, 5.74) is 2.91. The largest absolute Gasteiger partial charge is 0.334 e. The summed E-state index contributed by atoms with van der Waals surface area (Å²) >= 11 is 0. The zero-order valence-electron chi connectivity index (χ0n) is 15.5. The highest BCUT2D eigenvalue weighted by molar-refractivity contribution is 5.79. The second-order valence-electron chi connectivity index (χ2n) is 8.22. The van der Waals surface area contributed by atoms with Gasteiger partial charge >= 0.3 is 0 Å². The first-order valence-electron chi connectivity index (χ1n) is 10.4. The summed E-state index contributed by atoms with van der Waals surface area (Å²) in [7, 11) is 0. The number of hydrogen-bond acceptors (Lipinski definition) is 2. The Kier molecular flexibility index (Phi) is 5.40. The quantitative estimate of drug-likeness (QED) is 0.824. The summed E-state index contributed by atoms with van der Waals surface area (Å²) in [4.78, 5) is 17.8. The van der Waals surface area contributed by atoms with Crippen LogP contribution in [0, 0.1) is 5.92 Å². The van der Waals surface area contributed by atoms with Crippen molar-refractivity contribution in [2.24, 2.45) is 5.92 Å². The molecular formula is C22H32N2O. The van der Waals surface area contributed by atoms with Gasteiger partial charge in [0.25, 0.3) is 0 Å². The molecule has 0 bridgehead atoms. The molecule has 0 aromatic heterocycles. The summed E-state index contributed by atoms with van der Waals surface area (Å²) in [5, 5.41) is 0. The van der Waals surface area contributed by atoms with Crippen LogP contribution in [0.1, 0.15) is 68.5 Å². The third-order valence-electron chi connectivity index (χ3n) is 6.56. The molecule has 1 saturated heterocycles. The van der Waals surface area contributed by atoms with E-state index in [2.05, 4.69) is 34.1 Å². The van der Waals surface area contributed by atoms with Crippen LogP contribution in [0.15, 0.2) is 24.3 Å². The van der Waals surface area contributed by atoms with Gasteiger partial charge in [-0.15, -0.1) is 0 Å². The molecule has 3 heteroatoms. The van der Waals surface area contributed by atoms with Crippen molar-refractivity contribution in [3.63, 3.8) is 0 Å². The molecule has 1 atom stereocenters. The van der Waals surface area contributed by atoms with Crippen LogP contribution in [0.5, 0.6) is 0 Å². The molecule has 3 nitrogen and oxygen atoms in total. The zero-order valence-corrected chi connectivity index (χ0v) is 15.5. The Labute approximate surface area is 152 Å². The van der Waals surface area contributed by atoms with Crippen molar-refractivity contribution >= 4 is 5.91 Å². The van der Waals surface area contributed by atoms with Gasteiger partial charge in [-0.3, -0.25) is 9.69 Å².